The summed E-state index contributed by atoms with van der Waals surface area (Å²) in [4.78, 5) is 3.27. The summed E-state index contributed by atoms with van der Waals surface area (Å²) in [6, 6.07) is 16.2. The average molecular weight is 316 g/mol. The van der Waals surface area contributed by atoms with Gasteiger partial charge in [-0.3, -0.25) is 0 Å². The van der Waals surface area contributed by atoms with E-state index in [1.54, 1.807) is 0 Å². The van der Waals surface area contributed by atoms with Crippen LogP contribution in [0.1, 0.15) is 17.0 Å². The van der Waals surface area contributed by atoms with E-state index >= 15 is 0 Å². The zero-order chi connectivity index (χ0) is 13.2. The van der Waals surface area contributed by atoms with E-state index in [2.05, 4.69) is 39.1 Å². The standard InChI is InChI=1S/C16H14BrNO/c17-12-6-7-16-13(8-12)14(9-18-16)15(10-19)11-4-2-1-3-5-11/h1-9,15,18-19H,10H2. The number of benzene rings is 2. The van der Waals surface area contributed by atoms with Crippen LogP contribution in [0.2, 0.25) is 0 Å². The molecule has 0 aliphatic carbocycles. The molecule has 0 saturated carbocycles. The molecular formula is C16H14BrNO. The van der Waals surface area contributed by atoms with Crippen LogP contribution in [-0.2, 0) is 0 Å². The van der Waals surface area contributed by atoms with Crippen molar-refractivity contribution < 1.29 is 5.11 Å². The summed E-state index contributed by atoms with van der Waals surface area (Å²) in [6.45, 7) is 0.101. The molecule has 3 rings (SSSR count). The lowest BCUT2D eigenvalue weighted by molar-refractivity contribution is 0.281. The lowest BCUT2D eigenvalue weighted by Gasteiger charge is -2.14. The number of aliphatic hydroxyl groups is 1. The molecule has 0 saturated heterocycles. The highest BCUT2D eigenvalue weighted by Gasteiger charge is 2.17. The van der Waals surface area contributed by atoms with E-state index in [0.717, 1.165) is 26.5 Å². The van der Waals surface area contributed by atoms with Crippen molar-refractivity contribution in [2.24, 2.45) is 0 Å². The number of hydrogen-bond donors (Lipinski definition) is 2. The lowest BCUT2D eigenvalue weighted by Crippen LogP contribution is -2.05. The summed E-state index contributed by atoms with van der Waals surface area (Å²) < 4.78 is 1.05. The fourth-order valence-corrected chi connectivity index (χ4v) is 2.83. The van der Waals surface area contributed by atoms with Crippen molar-refractivity contribution in [3.63, 3.8) is 0 Å². The van der Waals surface area contributed by atoms with Gasteiger partial charge in [0, 0.05) is 27.5 Å². The Morgan fingerprint density at radius 2 is 1.89 bits per heavy atom. The first-order valence-electron chi connectivity index (χ1n) is 6.22. The quantitative estimate of drug-likeness (QED) is 0.751. The predicted octanol–water partition coefficient (Wildman–Crippen LogP) is 4.05. The van der Waals surface area contributed by atoms with Gasteiger partial charge in [0.05, 0.1) is 6.61 Å². The normalized spacial score (nSPS) is 12.7. The highest BCUT2D eigenvalue weighted by molar-refractivity contribution is 9.10. The van der Waals surface area contributed by atoms with E-state index in [9.17, 15) is 5.11 Å². The Kier molecular flexibility index (Phi) is 3.40. The number of nitrogens with one attached hydrogen (secondary N) is 1. The van der Waals surface area contributed by atoms with E-state index in [4.69, 9.17) is 0 Å². The minimum Gasteiger partial charge on any atom is -0.395 e. The van der Waals surface area contributed by atoms with E-state index in [-0.39, 0.29) is 12.5 Å². The SMILES string of the molecule is OCC(c1ccccc1)c1c[nH]c2ccc(Br)cc12. The van der Waals surface area contributed by atoms with Crippen molar-refractivity contribution in [3.05, 3.63) is 70.3 Å². The number of aromatic nitrogens is 1. The van der Waals surface area contributed by atoms with E-state index in [1.807, 2.05) is 36.5 Å². The summed E-state index contributed by atoms with van der Waals surface area (Å²) in [5.74, 6) is 0.00394. The molecular weight excluding hydrogens is 302 g/mol. The molecule has 0 amide bonds. The van der Waals surface area contributed by atoms with Gasteiger partial charge in [0.2, 0.25) is 0 Å². The first-order chi connectivity index (χ1) is 9.29. The molecule has 3 heteroatoms. The zero-order valence-electron chi connectivity index (χ0n) is 10.3. The molecule has 1 atom stereocenters. The lowest BCUT2D eigenvalue weighted by atomic mass is 9.92. The maximum Gasteiger partial charge on any atom is 0.0541 e. The number of fused-ring (bicyclic) bond motifs is 1. The Morgan fingerprint density at radius 1 is 1.11 bits per heavy atom. The van der Waals surface area contributed by atoms with Crippen LogP contribution < -0.4 is 0 Å². The first-order valence-corrected chi connectivity index (χ1v) is 7.01. The second kappa shape index (κ2) is 5.19. The molecule has 0 aliphatic heterocycles. The molecule has 1 unspecified atom stereocenters. The van der Waals surface area contributed by atoms with Gasteiger partial charge >= 0.3 is 0 Å². The van der Waals surface area contributed by atoms with Crippen molar-refractivity contribution in [3.8, 4) is 0 Å². The fourth-order valence-electron chi connectivity index (χ4n) is 2.47. The maximum atomic E-state index is 9.75. The summed E-state index contributed by atoms with van der Waals surface area (Å²) in [5.41, 5.74) is 3.35. The van der Waals surface area contributed by atoms with Crippen LogP contribution in [0.3, 0.4) is 0 Å². The Bertz CT molecular complexity index is 690. The van der Waals surface area contributed by atoms with Gasteiger partial charge in [0.15, 0.2) is 0 Å². The molecule has 2 aromatic carbocycles. The van der Waals surface area contributed by atoms with Crippen LogP contribution in [0, 0.1) is 0 Å². The van der Waals surface area contributed by atoms with E-state index in [0.29, 0.717) is 0 Å². The van der Waals surface area contributed by atoms with Gasteiger partial charge in [0.1, 0.15) is 0 Å². The highest BCUT2D eigenvalue weighted by Crippen LogP contribution is 2.31. The molecule has 1 aromatic heterocycles. The third kappa shape index (κ3) is 2.31. The molecule has 19 heavy (non-hydrogen) atoms. The highest BCUT2D eigenvalue weighted by atomic mass is 79.9. The fraction of sp³-hybridized carbons (Fsp3) is 0.125. The van der Waals surface area contributed by atoms with Crippen LogP contribution in [0.5, 0.6) is 0 Å². The molecule has 96 valence electrons. The van der Waals surface area contributed by atoms with Crippen molar-refractivity contribution in [1.29, 1.82) is 0 Å². The first kappa shape index (κ1) is 12.5. The molecule has 0 aliphatic rings. The average Bonchev–Trinajstić information content (AvgIpc) is 2.84. The summed E-state index contributed by atoms with van der Waals surface area (Å²) in [6.07, 6.45) is 1.99. The molecule has 2 nitrogen and oxygen atoms in total. The largest absolute Gasteiger partial charge is 0.395 e. The molecule has 1 heterocycles. The smallest absolute Gasteiger partial charge is 0.0541 e. The van der Waals surface area contributed by atoms with Gasteiger partial charge in [-0.05, 0) is 29.3 Å². The van der Waals surface area contributed by atoms with Crippen LogP contribution in [0.4, 0.5) is 0 Å². The van der Waals surface area contributed by atoms with Crippen LogP contribution in [0.15, 0.2) is 59.2 Å². The van der Waals surface area contributed by atoms with E-state index < -0.39 is 0 Å². The number of rotatable bonds is 3. The third-order valence-electron chi connectivity index (χ3n) is 3.44. The molecule has 2 N–H and O–H groups in total. The molecule has 3 aromatic rings. The summed E-state index contributed by atoms with van der Waals surface area (Å²) in [7, 11) is 0. The number of aliphatic hydroxyl groups excluding tert-OH is 1. The van der Waals surface area contributed by atoms with E-state index in [1.165, 1.54) is 0 Å². The second-order valence-corrected chi connectivity index (χ2v) is 5.50. The van der Waals surface area contributed by atoms with Gasteiger partial charge in [0.25, 0.3) is 0 Å². The Labute approximate surface area is 120 Å². The molecule has 0 radical (unpaired) electrons. The minimum absolute atomic E-state index is 0.00394. The third-order valence-corrected chi connectivity index (χ3v) is 3.93. The number of halogens is 1. The van der Waals surface area contributed by atoms with Gasteiger partial charge in [-0.2, -0.15) is 0 Å². The topological polar surface area (TPSA) is 36.0 Å². The number of hydrogen-bond acceptors (Lipinski definition) is 1. The van der Waals surface area contributed by atoms with Crippen molar-refractivity contribution in [2.45, 2.75) is 5.92 Å². The van der Waals surface area contributed by atoms with Gasteiger partial charge in [-0.25, -0.2) is 0 Å². The predicted molar refractivity (Wildman–Crippen MR) is 81.4 cm³/mol. The Morgan fingerprint density at radius 3 is 2.63 bits per heavy atom. The number of aromatic amines is 1. The van der Waals surface area contributed by atoms with Gasteiger partial charge in [-0.1, -0.05) is 46.3 Å². The van der Waals surface area contributed by atoms with Crippen LogP contribution >= 0.6 is 15.9 Å². The second-order valence-electron chi connectivity index (χ2n) is 4.58. The number of H-pyrrole nitrogens is 1. The van der Waals surface area contributed by atoms with Crippen molar-refractivity contribution in [2.75, 3.05) is 6.61 Å². The summed E-state index contributed by atoms with van der Waals surface area (Å²) in [5, 5.41) is 10.9. The Balaban J connectivity index is 2.14. The monoisotopic (exact) mass is 315 g/mol. The molecule has 0 spiro atoms. The van der Waals surface area contributed by atoms with Crippen molar-refractivity contribution in [1.82, 2.24) is 4.98 Å². The van der Waals surface area contributed by atoms with Crippen molar-refractivity contribution >= 4 is 26.8 Å². The summed E-state index contributed by atoms with van der Waals surface area (Å²) >= 11 is 3.50. The Hall–Kier alpha value is -1.58. The van der Waals surface area contributed by atoms with Gasteiger partial charge in [-0.15, -0.1) is 0 Å². The zero-order valence-corrected chi connectivity index (χ0v) is 11.9. The van der Waals surface area contributed by atoms with Crippen LogP contribution in [-0.4, -0.2) is 16.7 Å². The minimum atomic E-state index is 0.00394. The molecule has 0 bridgehead atoms. The van der Waals surface area contributed by atoms with Crippen LogP contribution in [0.25, 0.3) is 10.9 Å². The maximum absolute atomic E-state index is 9.75. The molecule has 0 fully saturated rings. The van der Waals surface area contributed by atoms with Gasteiger partial charge < -0.3 is 10.1 Å².